The monoisotopic (exact) mass is 182 g/mol. The largest absolute Gasteiger partial charge is 0.102 e. The van der Waals surface area contributed by atoms with Gasteiger partial charge in [0, 0.05) is 5.66 Å². The number of hydrogen-bond donors (Lipinski definition) is 0. The Kier molecular flexibility index (Phi) is 2.78. The zero-order chi connectivity index (χ0) is 9.35. The van der Waals surface area contributed by atoms with Crippen molar-refractivity contribution in [1.29, 1.82) is 0 Å². The van der Waals surface area contributed by atoms with Gasteiger partial charge in [-0.1, -0.05) is 39.0 Å². The minimum absolute atomic E-state index is 0.161. The van der Waals surface area contributed by atoms with Crippen LogP contribution in [0.15, 0.2) is 23.8 Å². The van der Waals surface area contributed by atoms with E-state index in [0.717, 1.165) is 5.66 Å². The summed E-state index contributed by atoms with van der Waals surface area (Å²) >= 11 is 0. The second-order valence-electron chi connectivity index (χ2n) is 4.69. The highest BCUT2D eigenvalue weighted by Gasteiger charge is 2.20. The van der Waals surface area contributed by atoms with Gasteiger partial charge in [-0.3, -0.25) is 0 Å². The second-order valence-corrected chi connectivity index (χ2v) is 7.21. The minimum Gasteiger partial charge on any atom is -0.102 e. The first-order valence-corrected chi connectivity index (χ1v) is 6.79. The Bertz CT molecular complexity index is 216. The molecule has 0 aromatic carbocycles. The molecule has 0 aromatic heterocycles. The Morgan fingerprint density at radius 2 is 1.83 bits per heavy atom. The molecule has 12 heavy (non-hydrogen) atoms. The van der Waals surface area contributed by atoms with E-state index >= 15 is 0 Å². The Morgan fingerprint density at radius 3 is 2.08 bits per heavy atom. The molecular weight excluding hydrogens is 163 g/mol. The summed E-state index contributed by atoms with van der Waals surface area (Å²) in [6.45, 7) is 11.5. The van der Waals surface area contributed by atoms with Crippen LogP contribution in [0.4, 0.5) is 0 Å². The van der Waals surface area contributed by atoms with Crippen molar-refractivity contribution in [2.45, 2.75) is 26.4 Å². The molecule has 1 rings (SSSR count). The van der Waals surface area contributed by atoms with Gasteiger partial charge in [-0.2, -0.15) is 0 Å². The van der Waals surface area contributed by atoms with E-state index in [-0.39, 0.29) is 7.92 Å². The van der Waals surface area contributed by atoms with Gasteiger partial charge in [-0.05, 0) is 24.3 Å². The first-order valence-electron chi connectivity index (χ1n) is 4.48. The molecular formula is C11H19P. The van der Waals surface area contributed by atoms with Crippen LogP contribution >= 0.6 is 7.92 Å². The van der Waals surface area contributed by atoms with Gasteiger partial charge in [0.05, 0.1) is 0 Å². The van der Waals surface area contributed by atoms with Crippen molar-refractivity contribution in [3.05, 3.63) is 23.8 Å². The van der Waals surface area contributed by atoms with Crippen LogP contribution < -0.4 is 0 Å². The Balaban J connectivity index is 2.75. The highest BCUT2D eigenvalue weighted by atomic mass is 31.1. The Hall–Kier alpha value is -0.0900. The molecule has 0 aromatic rings. The summed E-state index contributed by atoms with van der Waals surface area (Å²) in [6.07, 6.45) is 7.09. The summed E-state index contributed by atoms with van der Waals surface area (Å²) in [6, 6.07) is 0. The van der Waals surface area contributed by atoms with Crippen molar-refractivity contribution in [1.82, 2.24) is 0 Å². The van der Waals surface area contributed by atoms with Gasteiger partial charge in [0.25, 0.3) is 0 Å². The first kappa shape index (κ1) is 9.99. The van der Waals surface area contributed by atoms with Crippen molar-refractivity contribution in [3.63, 3.8) is 0 Å². The highest BCUT2D eigenvalue weighted by Crippen LogP contribution is 2.41. The van der Waals surface area contributed by atoms with E-state index < -0.39 is 0 Å². The molecule has 0 saturated heterocycles. The van der Waals surface area contributed by atoms with Crippen LogP contribution in [-0.2, 0) is 0 Å². The maximum Gasteiger partial charge on any atom is 0.0154 e. The van der Waals surface area contributed by atoms with Crippen LogP contribution in [0.25, 0.3) is 0 Å². The number of rotatable bonds is 1. The predicted octanol–water partition coefficient (Wildman–Crippen LogP) is 3.64. The molecule has 1 atom stereocenters. The number of hydrogen-bond acceptors (Lipinski definition) is 0. The normalized spacial score (nSPS) is 23.5. The van der Waals surface area contributed by atoms with E-state index in [1.807, 2.05) is 0 Å². The van der Waals surface area contributed by atoms with Gasteiger partial charge in [-0.15, -0.1) is 7.92 Å². The van der Waals surface area contributed by atoms with E-state index in [0.29, 0.717) is 5.41 Å². The van der Waals surface area contributed by atoms with Crippen LogP contribution in [0.5, 0.6) is 0 Å². The molecule has 1 aliphatic rings. The molecule has 0 radical (unpaired) electrons. The zero-order valence-electron chi connectivity index (χ0n) is 8.76. The zero-order valence-corrected chi connectivity index (χ0v) is 9.65. The molecule has 0 fully saturated rings. The van der Waals surface area contributed by atoms with E-state index in [1.54, 1.807) is 0 Å². The summed E-state index contributed by atoms with van der Waals surface area (Å²) < 4.78 is 0. The molecule has 1 aliphatic carbocycles. The molecule has 0 saturated carbocycles. The third kappa shape index (κ3) is 2.20. The maximum absolute atomic E-state index is 2.44. The van der Waals surface area contributed by atoms with E-state index in [1.165, 1.54) is 5.57 Å². The van der Waals surface area contributed by atoms with Gasteiger partial charge in [0.15, 0.2) is 0 Å². The quantitative estimate of drug-likeness (QED) is 0.543. The van der Waals surface area contributed by atoms with Crippen molar-refractivity contribution >= 4 is 7.92 Å². The molecule has 0 bridgehead atoms. The summed E-state index contributed by atoms with van der Waals surface area (Å²) in [7, 11) is 0.161. The molecule has 0 aliphatic heterocycles. The third-order valence-corrected chi connectivity index (χ3v) is 3.80. The highest BCUT2D eigenvalue weighted by molar-refractivity contribution is 7.57. The average molecular weight is 182 g/mol. The predicted molar refractivity (Wildman–Crippen MR) is 59.2 cm³/mol. The number of allylic oxidation sites excluding steroid dienone is 4. The van der Waals surface area contributed by atoms with Crippen LogP contribution in [0, 0.1) is 5.41 Å². The van der Waals surface area contributed by atoms with Crippen LogP contribution in [0.1, 0.15) is 20.8 Å². The lowest BCUT2D eigenvalue weighted by Crippen LogP contribution is -2.06. The summed E-state index contributed by atoms with van der Waals surface area (Å²) in [5.74, 6) is 0. The fraction of sp³-hybridized carbons (Fsp3) is 0.636. The molecule has 1 heteroatoms. The van der Waals surface area contributed by atoms with Crippen LogP contribution in [0.3, 0.4) is 0 Å². The van der Waals surface area contributed by atoms with Gasteiger partial charge >= 0.3 is 0 Å². The molecule has 0 spiro atoms. The topological polar surface area (TPSA) is 0 Å². The third-order valence-electron chi connectivity index (χ3n) is 2.29. The Morgan fingerprint density at radius 1 is 1.25 bits per heavy atom. The van der Waals surface area contributed by atoms with Crippen molar-refractivity contribution in [3.8, 4) is 0 Å². The van der Waals surface area contributed by atoms with Crippen LogP contribution in [0.2, 0.25) is 0 Å². The van der Waals surface area contributed by atoms with Crippen molar-refractivity contribution < 1.29 is 0 Å². The Labute approximate surface area is 77.5 Å². The molecule has 0 heterocycles. The van der Waals surface area contributed by atoms with E-state index in [4.69, 9.17) is 0 Å². The van der Waals surface area contributed by atoms with Gasteiger partial charge < -0.3 is 0 Å². The van der Waals surface area contributed by atoms with Crippen LogP contribution in [-0.4, -0.2) is 19.0 Å². The maximum atomic E-state index is 2.44. The summed E-state index contributed by atoms with van der Waals surface area (Å²) in [5, 5.41) is 0. The smallest absolute Gasteiger partial charge is 0.0154 e. The van der Waals surface area contributed by atoms with Gasteiger partial charge in [0.1, 0.15) is 0 Å². The lowest BCUT2D eigenvalue weighted by atomic mass is 9.87. The fourth-order valence-corrected chi connectivity index (χ4v) is 2.21. The van der Waals surface area contributed by atoms with Gasteiger partial charge in [-0.25, -0.2) is 0 Å². The molecule has 0 nitrogen and oxygen atoms in total. The first-order chi connectivity index (χ1) is 5.41. The summed E-state index contributed by atoms with van der Waals surface area (Å²) in [4.78, 5) is 0. The van der Waals surface area contributed by atoms with Crippen molar-refractivity contribution in [2.75, 3.05) is 13.3 Å². The molecule has 68 valence electrons. The van der Waals surface area contributed by atoms with Gasteiger partial charge in [0.2, 0.25) is 0 Å². The lowest BCUT2D eigenvalue weighted by Gasteiger charge is -2.19. The second kappa shape index (κ2) is 3.34. The molecule has 1 unspecified atom stereocenters. The van der Waals surface area contributed by atoms with E-state index in [9.17, 15) is 0 Å². The molecule has 0 N–H and O–H groups in total. The SMILES string of the molecule is CP(C)C1C=CC(C(C)(C)C)=C1. The molecule has 0 amide bonds. The summed E-state index contributed by atoms with van der Waals surface area (Å²) in [5.41, 5.74) is 2.56. The van der Waals surface area contributed by atoms with Crippen molar-refractivity contribution in [2.24, 2.45) is 5.41 Å². The lowest BCUT2D eigenvalue weighted by molar-refractivity contribution is 0.518. The minimum atomic E-state index is 0.161. The standard InChI is InChI=1S/C11H19P/c1-11(2,3)9-6-7-10(8-9)12(4)5/h6-8,10H,1-5H3. The van der Waals surface area contributed by atoms with E-state index in [2.05, 4.69) is 52.3 Å². The average Bonchev–Trinajstić information content (AvgIpc) is 2.30. The fourth-order valence-electron chi connectivity index (χ4n) is 1.32.